The third-order valence-electron chi connectivity index (χ3n) is 11.4. The highest BCUT2D eigenvalue weighted by Gasteiger charge is 2.39. The maximum absolute atomic E-state index is 2.62. The lowest BCUT2D eigenvalue weighted by Crippen LogP contribution is -2.38. The van der Waals surface area contributed by atoms with Gasteiger partial charge >= 0.3 is 0 Å². The molecule has 0 fully saturated rings. The van der Waals surface area contributed by atoms with Crippen molar-refractivity contribution in [2.24, 2.45) is 46.8 Å². The fourth-order valence-corrected chi connectivity index (χ4v) is 8.14. The van der Waals surface area contributed by atoms with E-state index in [4.69, 9.17) is 0 Å². The van der Waals surface area contributed by atoms with Crippen LogP contribution in [0.3, 0.4) is 0 Å². The van der Waals surface area contributed by atoms with Gasteiger partial charge in [-0.25, -0.2) is 0 Å². The van der Waals surface area contributed by atoms with Crippen LogP contribution in [0.4, 0.5) is 0 Å². The molecule has 0 saturated heterocycles. The summed E-state index contributed by atoms with van der Waals surface area (Å²) < 4.78 is 0. The van der Waals surface area contributed by atoms with Crippen molar-refractivity contribution >= 4 is 0 Å². The molecule has 0 aromatic rings. The average molecular weight is 535 g/mol. The molecule has 0 nitrogen and oxygen atoms in total. The number of hydrogen-bond donors (Lipinski definition) is 0. The first kappa shape index (κ1) is 38.0. The number of rotatable bonds is 26. The van der Waals surface area contributed by atoms with E-state index in [1.54, 1.807) is 0 Å². The summed E-state index contributed by atoms with van der Waals surface area (Å²) in [6.07, 6.45) is 27.0. The second-order valence-electron chi connectivity index (χ2n) is 14.4. The molecule has 0 aromatic heterocycles. The summed E-state index contributed by atoms with van der Waals surface area (Å²) in [5.41, 5.74) is 0.542. The van der Waals surface area contributed by atoms with Crippen LogP contribution in [-0.4, -0.2) is 0 Å². The van der Waals surface area contributed by atoms with E-state index in [0.717, 1.165) is 41.4 Å². The SMILES string of the molecule is CCCCCCC(CC)(C(C)CCCCC(C)CC(C(C)CCCC)C(CC)CCCCC)C(C)C(C)C. The smallest absolute Gasteiger partial charge is 0.0246 e. The topological polar surface area (TPSA) is 0 Å². The largest absolute Gasteiger partial charge is 0.0654 e. The highest BCUT2D eigenvalue weighted by atomic mass is 14.4. The molecule has 0 radical (unpaired) electrons. The Labute approximate surface area is 244 Å². The predicted octanol–water partition coefficient (Wildman–Crippen LogP) is 13.9. The van der Waals surface area contributed by atoms with Crippen LogP contribution in [0.25, 0.3) is 0 Å². The van der Waals surface area contributed by atoms with Crippen LogP contribution in [0, 0.1) is 46.8 Å². The van der Waals surface area contributed by atoms with E-state index >= 15 is 0 Å². The third-order valence-corrected chi connectivity index (χ3v) is 11.4. The van der Waals surface area contributed by atoms with Crippen molar-refractivity contribution in [1.29, 1.82) is 0 Å². The molecule has 0 aliphatic rings. The van der Waals surface area contributed by atoms with E-state index in [1.165, 1.54) is 122 Å². The summed E-state index contributed by atoms with van der Waals surface area (Å²) in [5.74, 6) is 6.16. The quantitative estimate of drug-likeness (QED) is 0.0968. The van der Waals surface area contributed by atoms with Crippen LogP contribution in [0.15, 0.2) is 0 Å². The molecule has 7 atom stereocenters. The lowest BCUT2D eigenvalue weighted by atomic mass is 9.59. The lowest BCUT2D eigenvalue weighted by Gasteiger charge is -2.46. The second-order valence-corrected chi connectivity index (χ2v) is 14.4. The minimum Gasteiger partial charge on any atom is -0.0654 e. The average Bonchev–Trinajstić information content (AvgIpc) is 2.91. The molecule has 0 aliphatic carbocycles. The van der Waals surface area contributed by atoms with Gasteiger partial charge in [-0.15, -0.1) is 0 Å². The summed E-state index contributed by atoms with van der Waals surface area (Å²) in [4.78, 5) is 0. The Balaban J connectivity index is 5.05. The summed E-state index contributed by atoms with van der Waals surface area (Å²) in [6, 6.07) is 0. The molecule has 230 valence electrons. The Morgan fingerprint density at radius 1 is 0.553 bits per heavy atom. The highest BCUT2D eigenvalue weighted by molar-refractivity contribution is 4.89. The molecule has 0 rings (SSSR count). The Kier molecular flexibility index (Phi) is 22.7. The van der Waals surface area contributed by atoms with Crippen LogP contribution >= 0.6 is 0 Å². The van der Waals surface area contributed by atoms with E-state index in [-0.39, 0.29) is 0 Å². The van der Waals surface area contributed by atoms with E-state index < -0.39 is 0 Å². The first-order valence-corrected chi connectivity index (χ1v) is 18.1. The van der Waals surface area contributed by atoms with Gasteiger partial charge in [0.2, 0.25) is 0 Å². The second kappa shape index (κ2) is 22.7. The van der Waals surface area contributed by atoms with Gasteiger partial charge in [0.25, 0.3) is 0 Å². The van der Waals surface area contributed by atoms with Crippen molar-refractivity contribution in [3.8, 4) is 0 Å². The van der Waals surface area contributed by atoms with Gasteiger partial charge in [-0.2, -0.15) is 0 Å². The monoisotopic (exact) mass is 535 g/mol. The third kappa shape index (κ3) is 14.1. The van der Waals surface area contributed by atoms with E-state index in [0.29, 0.717) is 5.41 Å². The van der Waals surface area contributed by atoms with E-state index in [2.05, 4.69) is 76.2 Å². The van der Waals surface area contributed by atoms with Crippen LogP contribution in [0.2, 0.25) is 0 Å². The Morgan fingerprint density at radius 2 is 1.13 bits per heavy atom. The van der Waals surface area contributed by atoms with Gasteiger partial charge in [0.1, 0.15) is 0 Å². The Hall–Kier alpha value is 0. The summed E-state index contributed by atoms with van der Waals surface area (Å²) in [5, 5.41) is 0. The molecular formula is C38H78. The van der Waals surface area contributed by atoms with Gasteiger partial charge in [-0.3, -0.25) is 0 Å². The number of hydrogen-bond acceptors (Lipinski definition) is 0. The van der Waals surface area contributed by atoms with Crippen molar-refractivity contribution in [3.05, 3.63) is 0 Å². The first-order valence-electron chi connectivity index (χ1n) is 18.1. The molecule has 38 heavy (non-hydrogen) atoms. The van der Waals surface area contributed by atoms with Gasteiger partial charge in [0, 0.05) is 0 Å². The molecule has 0 N–H and O–H groups in total. The van der Waals surface area contributed by atoms with E-state index in [9.17, 15) is 0 Å². The van der Waals surface area contributed by atoms with Gasteiger partial charge in [0.15, 0.2) is 0 Å². The summed E-state index contributed by atoms with van der Waals surface area (Å²) in [6.45, 7) is 27.4. The van der Waals surface area contributed by atoms with Gasteiger partial charge < -0.3 is 0 Å². The maximum atomic E-state index is 2.62. The minimum atomic E-state index is 0.542. The molecule has 0 amide bonds. The fraction of sp³-hybridized carbons (Fsp3) is 1.00. The van der Waals surface area contributed by atoms with Gasteiger partial charge in [0.05, 0.1) is 0 Å². The molecule has 0 aromatic carbocycles. The zero-order valence-electron chi connectivity index (χ0n) is 29.0. The highest BCUT2D eigenvalue weighted by Crippen LogP contribution is 2.49. The molecule has 0 aliphatic heterocycles. The first-order chi connectivity index (χ1) is 18.1. The van der Waals surface area contributed by atoms with Crippen molar-refractivity contribution in [2.45, 2.75) is 198 Å². The minimum absolute atomic E-state index is 0.542. The zero-order chi connectivity index (χ0) is 29.0. The van der Waals surface area contributed by atoms with Crippen LogP contribution < -0.4 is 0 Å². The van der Waals surface area contributed by atoms with Crippen LogP contribution in [-0.2, 0) is 0 Å². The Bertz CT molecular complexity index is 506. The van der Waals surface area contributed by atoms with Crippen molar-refractivity contribution in [1.82, 2.24) is 0 Å². The van der Waals surface area contributed by atoms with Crippen LogP contribution in [0.5, 0.6) is 0 Å². The van der Waals surface area contributed by atoms with Crippen LogP contribution in [0.1, 0.15) is 198 Å². The standard InChI is InChI=1S/C38H78/c1-12-17-20-24-29-38(16-5,35(11)31(6)7)34(10)27-23-22-25-32(8)30-37(33(9)26-19-14-3)36(15-4)28-21-18-13-2/h31-37H,12-30H2,1-11H3. The molecule has 0 saturated carbocycles. The number of unbranched alkanes of at least 4 members (excludes halogenated alkanes) is 7. The van der Waals surface area contributed by atoms with Gasteiger partial charge in [-0.1, -0.05) is 179 Å². The van der Waals surface area contributed by atoms with E-state index in [1.807, 2.05) is 0 Å². The molecule has 0 bridgehead atoms. The van der Waals surface area contributed by atoms with Crippen molar-refractivity contribution in [2.75, 3.05) is 0 Å². The lowest BCUT2D eigenvalue weighted by molar-refractivity contribution is 0.0343. The zero-order valence-corrected chi connectivity index (χ0v) is 29.0. The molecule has 0 heteroatoms. The fourth-order valence-electron chi connectivity index (χ4n) is 8.14. The van der Waals surface area contributed by atoms with Crippen molar-refractivity contribution in [3.63, 3.8) is 0 Å². The Morgan fingerprint density at radius 3 is 1.68 bits per heavy atom. The predicted molar refractivity (Wildman–Crippen MR) is 177 cm³/mol. The molecule has 0 heterocycles. The maximum Gasteiger partial charge on any atom is -0.0246 e. The normalized spacial score (nSPS) is 18.6. The van der Waals surface area contributed by atoms with Crippen molar-refractivity contribution < 1.29 is 0 Å². The molecule has 7 unspecified atom stereocenters. The summed E-state index contributed by atoms with van der Waals surface area (Å²) in [7, 11) is 0. The van der Waals surface area contributed by atoms with Gasteiger partial charge in [-0.05, 0) is 66.1 Å². The summed E-state index contributed by atoms with van der Waals surface area (Å²) >= 11 is 0. The molecule has 0 spiro atoms. The molecular weight excluding hydrogens is 456 g/mol.